The van der Waals surface area contributed by atoms with Crippen LogP contribution in [0.1, 0.15) is 16.9 Å². The lowest BCUT2D eigenvalue weighted by Crippen LogP contribution is -2.41. The van der Waals surface area contributed by atoms with Crippen LogP contribution in [0.15, 0.2) is 53.1 Å². The monoisotopic (exact) mass is 346 g/mol. The first-order chi connectivity index (χ1) is 10.3. The molecule has 1 atom stereocenters. The molecule has 1 amide bonds. The average molecular weight is 347 g/mol. The molecule has 0 saturated carbocycles. The second-order valence-corrected chi connectivity index (χ2v) is 5.72. The molecule has 1 unspecified atom stereocenters. The average Bonchev–Trinajstić information content (AvgIpc) is 3.03. The van der Waals surface area contributed by atoms with Gasteiger partial charge in [0.15, 0.2) is 0 Å². The van der Waals surface area contributed by atoms with Crippen LogP contribution in [0.25, 0.3) is 0 Å². The minimum atomic E-state index is -0.107. The Morgan fingerprint density at radius 2 is 2.05 bits per heavy atom. The quantitative estimate of drug-likeness (QED) is 0.856. The van der Waals surface area contributed by atoms with E-state index in [4.69, 9.17) is 4.74 Å². The molecular formula is C16H15BrN2O2. The molecule has 1 aliphatic heterocycles. The molecule has 1 fully saturated rings. The zero-order valence-corrected chi connectivity index (χ0v) is 13.0. The van der Waals surface area contributed by atoms with Crippen molar-refractivity contribution in [1.29, 1.82) is 0 Å². The van der Waals surface area contributed by atoms with Crippen LogP contribution in [-0.4, -0.2) is 30.1 Å². The highest BCUT2D eigenvalue weighted by atomic mass is 79.9. The van der Waals surface area contributed by atoms with Crippen LogP contribution in [-0.2, 0) is 4.74 Å². The van der Waals surface area contributed by atoms with Crippen LogP contribution in [0.4, 0.5) is 5.69 Å². The molecule has 1 aromatic carbocycles. The second-order valence-electron chi connectivity index (χ2n) is 4.86. The molecule has 1 saturated heterocycles. The third-order valence-corrected chi connectivity index (χ3v) is 4.12. The molecule has 0 N–H and O–H groups in total. The summed E-state index contributed by atoms with van der Waals surface area (Å²) in [6.07, 6.45) is 2.47. The molecule has 2 heterocycles. The number of ether oxygens (including phenoxy) is 1. The van der Waals surface area contributed by atoms with Crippen molar-refractivity contribution in [2.75, 3.05) is 18.1 Å². The number of hydrogen-bond donors (Lipinski definition) is 0. The van der Waals surface area contributed by atoms with Crippen LogP contribution >= 0.6 is 15.9 Å². The molecular weight excluding hydrogens is 332 g/mol. The lowest BCUT2D eigenvalue weighted by Gasteiger charge is -2.28. The zero-order chi connectivity index (χ0) is 14.7. The molecule has 3 rings (SSSR count). The molecule has 21 heavy (non-hydrogen) atoms. The van der Waals surface area contributed by atoms with Crippen molar-refractivity contribution >= 4 is 27.5 Å². The van der Waals surface area contributed by atoms with Gasteiger partial charge in [-0.05, 0) is 46.6 Å². The van der Waals surface area contributed by atoms with Crippen molar-refractivity contribution in [1.82, 2.24) is 4.98 Å². The van der Waals surface area contributed by atoms with Gasteiger partial charge in [0, 0.05) is 23.0 Å². The minimum Gasteiger partial charge on any atom is -0.379 e. The summed E-state index contributed by atoms with van der Waals surface area (Å²) in [7, 11) is 0. The van der Waals surface area contributed by atoms with E-state index in [0.29, 0.717) is 23.4 Å². The van der Waals surface area contributed by atoms with Crippen LogP contribution in [0.2, 0.25) is 0 Å². The van der Waals surface area contributed by atoms with Crippen molar-refractivity contribution in [2.45, 2.75) is 12.5 Å². The number of aromatic nitrogens is 1. The topological polar surface area (TPSA) is 42.4 Å². The largest absolute Gasteiger partial charge is 0.379 e. The SMILES string of the molecule is O=C(c1ncccc1Br)N(c1ccccc1)C1CCOC1. The number of benzene rings is 1. The molecule has 2 aromatic rings. The van der Waals surface area contributed by atoms with E-state index in [1.165, 1.54) is 0 Å². The van der Waals surface area contributed by atoms with E-state index in [-0.39, 0.29) is 11.9 Å². The Kier molecular flexibility index (Phi) is 4.31. The summed E-state index contributed by atoms with van der Waals surface area (Å²) < 4.78 is 6.15. The van der Waals surface area contributed by atoms with Crippen LogP contribution in [0.5, 0.6) is 0 Å². The summed E-state index contributed by atoms with van der Waals surface area (Å²) in [5.41, 5.74) is 1.30. The number of anilines is 1. The Balaban J connectivity index is 1.99. The molecule has 0 spiro atoms. The van der Waals surface area contributed by atoms with Gasteiger partial charge < -0.3 is 9.64 Å². The molecule has 0 bridgehead atoms. The summed E-state index contributed by atoms with van der Waals surface area (Å²) in [4.78, 5) is 18.9. The third-order valence-electron chi connectivity index (χ3n) is 3.49. The van der Waals surface area contributed by atoms with Gasteiger partial charge in [-0.25, -0.2) is 4.98 Å². The standard InChI is InChI=1S/C16H15BrN2O2/c17-14-7-4-9-18-15(14)16(20)19(13-8-10-21-11-13)12-5-2-1-3-6-12/h1-7,9,13H,8,10-11H2. The highest BCUT2D eigenvalue weighted by molar-refractivity contribution is 9.10. The molecule has 0 aliphatic carbocycles. The first-order valence-electron chi connectivity index (χ1n) is 6.84. The number of pyridine rings is 1. The smallest absolute Gasteiger partial charge is 0.278 e. The lowest BCUT2D eigenvalue weighted by molar-refractivity contribution is 0.0966. The summed E-state index contributed by atoms with van der Waals surface area (Å²) >= 11 is 3.41. The highest BCUT2D eigenvalue weighted by Crippen LogP contribution is 2.25. The van der Waals surface area contributed by atoms with Crippen molar-refractivity contribution in [2.24, 2.45) is 0 Å². The number of carbonyl (C=O) groups excluding carboxylic acids is 1. The van der Waals surface area contributed by atoms with E-state index in [2.05, 4.69) is 20.9 Å². The molecule has 4 nitrogen and oxygen atoms in total. The highest BCUT2D eigenvalue weighted by Gasteiger charge is 2.30. The lowest BCUT2D eigenvalue weighted by atomic mass is 10.1. The van der Waals surface area contributed by atoms with Crippen molar-refractivity contribution in [3.63, 3.8) is 0 Å². The van der Waals surface area contributed by atoms with Crippen molar-refractivity contribution in [3.05, 3.63) is 58.8 Å². The number of nitrogens with zero attached hydrogens (tertiary/aromatic N) is 2. The first-order valence-corrected chi connectivity index (χ1v) is 7.63. The van der Waals surface area contributed by atoms with Crippen LogP contribution in [0.3, 0.4) is 0 Å². The summed E-state index contributed by atoms with van der Waals surface area (Å²) in [5, 5.41) is 0. The molecule has 5 heteroatoms. The van der Waals surface area contributed by atoms with E-state index in [1.807, 2.05) is 36.4 Å². The van der Waals surface area contributed by atoms with Gasteiger partial charge >= 0.3 is 0 Å². The van der Waals surface area contributed by atoms with Gasteiger partial charge in [0.1, 0.15) is 5.69 Å². The van der Waals surface area contributed by atoms with Gasteiger partial charge in [-0.3, -0.25) is 4.79 Å². The number of rotatable bonds is 3. The number of amides is 1. The zero-order valence-electron chi connectivity index (χ0n) is 11.4. The second kappa shape index (κ2) is 6.37. The first kappa shape index (κ1) is 14.2. The fraction of sp³-hybridized carbons (Fsp3) is 0.250. The van der Waals surface area contributed by atoms with E-state index >= 15 is 0 Å². The number of para-hydroxylation sites is 1. The van der Waals surface area contributed by atoms with Gasteiger partial charge in [0.05, 0.1) is 12.6 Å². The Hall–Kier alpha value is -1.72. The molecule has 108 valence electrons. The summed E-state index contributed by atoms with van der Waals surface area (Å²) in [5.74, 6) is -0.107. The third kappa shape index (κ3) is 2.99. The predicted molar refractivity (Wildman–Crippen MR) is 84.4 cm³/mol. The maximum absolute atomic E-state index is 12.9. The normalized spacial score (nSPS) is 17.7. The van der Waals surface area contributed by atoms with Gasteiger partial charge in [-0.1, -0.05) is 18.2 Å². The van der Waals surface area contributed by atoms with Gasteiger partial charge in [-0.2, -0.15) is 0 Å². The fourth-order valence-corrected chi connectivity index (χ4v) is 2.89. The van der Waals surface area contributed by atoms with Crippen molar-refractivity contribution < 1.29 is 9.53 Å². The summed E-state index contributed by atoms with van der Waals surface area (Å²) in [6, 6.07) is 13.3. The fourth-order valence-electron chi connectivity index (χ4n) is 2.47. The van der Waals surface area contributed by atoms with Gasteiger partial charge in [0.2, 0.25) is 0 Å². The van der Waals surface area contributed by atoms with Crippen LogP contribution in [0, 0.1) is 0 Å². The Morgan fingerprint density at radius 3 is 2.71 bits per heavy atom. The number of hydrogen-bond acceptors (Lipinski definition) is 3. The Bertz CT molecular complexity index is 627. The van der Waals surface area contributed by atoms with E-state index in [0.717, 1.165) is 12.1 Å². The van der Waals surface area contributed by atoms with Gasteiger partial charge in [0.25, 0.3) is 5.91 Å². The maximum Gasteiger partial charge on any atom is 0.278 e. The van der Waals surface area contributed by atoms with E-state index in [1.54, 1.807) is 17.2 Å². The van der Waals surface area contributed by atoms with E-state index < -0.39 is 0 Å². The van der Waals surface area contributed by atoms with Crippen molar-refractivity contribution in [3.8, 4) is 0 Å². The molecule has 0 radical (unpaired) electrons. The molecule has 1 aromatic heterocycles. The number of halogens is 1. The van der Waals surface area contributed by atoms with Crippen LogP contribution < -0.4 is 4.90 Å². The van der Waals surface area contributed by atoms with E-state index in [9.17, 15) is 4.79 Å². The number of carbonyl (C=O) groups is 1. The Labute approximate surface area is 131 Å². The minimum absolute atomic E-state index is 0.0498. The van der Waals surface area contributed by atoms with Gasteiger partial charge in [-0.15, -0.1) is 0 Å². The maximum atomic E-state index is 12.9. The Morgan fingerprint density at radius 1 is 1.24 bits per heavy atom. The molecule has 1 aliphatic rings. The predicted octanol–water partition coefficient (Wildman–Crippen LogP) is 3.28. The summed E-state index contributed by atoms with van der Waals surface area (Å²) in [6.45, 7) is 1.25.